The van der Waals surface area contributed by atoms with Gasteiger partial charge in [0.25, 0.3) is 0 Å². The highest BCUT2D eigenvalue weighted by Crippen LogP contribution is 2.32. The number of likely N-dealkylation sites (N-methyl/N-ethyl adjacent to an activating group) is 2. The number of halogens is 2. The minimum absolute atomic E-state index is 0.177. The number of carbonyl (C=O) groups is 8. The molecule has 2 aliphatic rings. The Morgan fingerprint density at radius 2 is 0.646 bits per heavy atom. The van der Waals surface area contributed by atoms with Gasteiger partial charge in [-0.3, -0.25) is 48.2 Å². The lowest BCUT2D eigenvalue weighted by atomic mass is 9.83. The first-order chi connectivity index (χ1) is 31.2. The Morgan fingerprint density at radius 1 is 0.400 bits per heavy atom. The first kappa shape index (κ1) is 51.5. The fourth-order valence-corrected chi connectivity index (χ4v) is 7.09. The van der Waals surface area contributed by atoms with Gasteiger partial charge in [0.1, 0.15) is 11.8 Å². The van der Waals surface area contributed by atoms with Crippen molar-refractivity contribution < 1.29 is 38.4 Å². The van der Waals surface area contributed by atoms with E-state index in [1.54, 1.807) is 36.4 Å². The van der Waals surface area contributed by atoms with Crippen molar-refractivity contribution >= 4 is 92.7 Å². The summed E-state index contributed by atoms with van der Waals surface area (Å²) in [5, 5.41) is 13.8. The van der Waals surface area contributed by atoms with Gasteiger partial charge in [-0.15, -0.1) is 23.2 Å². The van der Waals surface area contributed by atoms with Gasteiger partial charge in [-0.1, -0.05) is 41.5 Å². The number of nitrogens with zero attached hydrogens (tertiary/aromatic N) is 2. The molecule has 0 heterocycles. The van der Waals surface area contributed by atoms with Crippen LogP contribution in [-0.4, -0.2) is 121 Å². The van der Waals surface area contributed by atoms with Crippen LogP contribution in [0.1, 0.15) is 105 Å². The summed E-state index contributed by atoms with van der Waals surface area (Å²) < 4.78 is 0. The zero-order valence-corrected chi connectivity index (χ0v) is 38.9. The molecule has 5 N–H and O–H groups in total. The van der Waals surface area contributed by atoms with E-state index in [0.29, 0.717) is 33.9 Å². The molecule has 0 aliphatic heterocycles. The number of nitrogens with one attached hydrogen (secondary N) is 5. The molecule has 4 aromatic carbocycles. The van der Waals surface area contributed by atoms with Gasteiger partial charge in [0.15, 0.2) is 23.1 Å². The number of rotatable bonds is 16. The molecule has 4 aromatic rings. The predicted molar refractivity (Wildman–Crippen MR) is 255 cm³/mol. The van der Waals surface area contributed by atoms with E-state index in [2.05, 4.69) is 40.4 Å². The van der Waals surface area contributed by atoms with Crippen LogP contribution >= 0.6 is 23.2 Å². The summed E-state index contributed by atoms with van der Waals surface area (Å²) in [4.78, 5) is 103. The molecular formula is C48H55Cl2N7O8. The number of hydrogen-bond donors (Lipinski definition) is 5. The van der Waals surface area contributed by atoms with E-state index in [-0.39, 0.29) is 93.2 Å². The number of anilines is 4. The molecule has 17 heteroatoms. The van der Waals surface area contributed by atoms with Crippen LogP contribution in [0.4, 0.5) is 22.7 Å². The summed E-state index contributed by atoms with van der Waals surface area (Å²) in [6.07, 6.45) is 0. The first-order valence-corrected chi connectivity index (χ1v) is 22.5. The number of fused-ring (bicyclic) bond motifs is 4. The van der Waals surface area contributed by atoms with Gasteiger partial charge in [-0.25, -0.2) is 0 Å². The number of ketones is 4. The molecule has 4 amide bonds. The van der Waals surface area contributed by atoms with E-state index in [0.717, 1.165) is 39.3 Å². The molecule has 0 spiro atoms. The summed E-state index contributed by atoms with van der Waals surface area (Å²) in [7, 11) is 0. The molecule has 0 radical (unpaired) electrons. The van der Waals surface area contributed by atoms with Gasteiger partial charge >= 0.3 is 0 Å². The minimum atomic E-state index is -0.423. The van der Waals surface area contributed by atoms with Crippen molar-refractivity contribution in [3.8, 4) is 0 Å². The molecular weight excluding hydrogens is 873 g/mol. The van der Waals surface area contributed by atoms with Crippen LogP contribution in [0.25, 0.3) is 0 Å². The lowest BCUT2D eigenvalue weighted by molar-refractivity contribution is -0.118. The summed E-state index contributed by atoms with van der Waals surface area (Å²) in [6, 6.07) is 18.4. The lowest BCUT2D eigenvalue weighted by Crippen LogP contribution is -2.33. The molecule has 0 fully saturated rings. The quantitative estimate of drug-likeness (QED) is 0.0668. The Bertz CT molecular complexity index is 2290. The van der Waals surface area contributed by atoms with Crippen molar-refractivity contribution in [3.05, 3.63) is 117 Å². The second kappa shape index (κ2) is 24.8. The van der Waals surface area contributed by atoms with E-state index >= 15 is 0 Å². The van der Waals surface area contributed by atoms with Crippen molar-refractivity contribution in [1.82, 2.24) is 15.1 Å². The average Bonchev–Trinajstić information content (AvgIpc) is 3.31. The Balaban J connectivity index is 0.000000265. The third-order valence-corrected chi connectivity index (χ3v) is 10.9. The zero-order chi connectivity index (χ0) is 47.8. The van der Waals surface area contributed by atoms with Crippen molar-refractivity contribution in [2.24, 2.45) is 0 Å². The number of benzene rings is 4. The topological polar surface area (TPSA) is 203 Å². The monoisotopic (exact) mass is 927 g/mol. The van der Waals surface area contributed by atoms with Gasteiger partial charge in [-0.05, 0) is 112 Å². The van der Waals surface area contributed by atoms with Crippen LogP contribution in [0.15, 0.2) is 72.8 Å². The van der Waals surface area contributed by atoms with Gasteiger partial charge in [0.05, 0.1) is 13.1 Å². The molecule has 0 saturated heterocycles. The van der Waals surface area contributed by atoms with Crippen molar-refractivity contribution in [3.63, 3.8) is 0 Å². The SMILES string of the molecule is CCN(CC)CC(=O)Nc1ccc2c(c1)C(=O)c1cc(NC(=O)CN(CC)CC)ccc1C2=O.CCNCC.O=C(CCl)Nc1ccc2c(c1)C(=O)c1cc(NC(=O)CCl)ccc1C2=O. The predicted octanol–water partition coefficient (Wildman–Crippen LogP) is 6.46. The van der Waals surface area contributed by atoms with Crippen LogP contribution in [0.5, 0.6) is 0 Å². The number of carbonyl (C=O) groups excluding carboxylic acids is 8. The highest BCUT2D eigenvalue weighted by molar-refractivity contribution is 6.31. The summed E-state index contributed by atoms with van der Waals surface area (Å²) in [5.41, 5.74) is 3.61. The third-order valence-electron chi connectivity index (χ3n) is 10.4. The van der Waals surface area contributed by atoms with Crippen LogP contribution in [0.2, 0.25) is 0 Å². The van der Waals surface area contributed by atoms with Gasteiger partial charge in [-0.2, -0.15) is 0 Å². The first-order valence-electron chi connectivity index (χ1n) is 21.4. The second-order valence-corrected chi connectivity index (χ2v) is 15.2. The molecule has 6 rings (SSSR count). The average molecular weight is 929 g/mol. The van der Waals surface area contributed by atoms with Gasteiger partial charge in [0, 0.05) is 67.3 Å². The smallest absolute Gasteiger partial charge is 0.239 e. The maximum atomic E-state index is 13.3. The van der Waals surface area contributed by atoms with Crippen molar-refractivity contribution in [2.75, 3.05) is 85.4 Å². The molecule has 0 saturated carbocycles. The highest BCUT2D eigenvalue weighted by Gasteiger charge is 2.32. The minimum Gasteiger partial charge on any atom is -0.325 e. The maximum absolute atomic E-state index is 13.3. The summed E-state index contributed by atoms with van der Waals surface area (Å²) in [6.45, 7) is 17.8. The third kappa shape index (κ3) is 13.5. The van der Waals surface area contributed by atoms with E-state index < -0.39 is 11.8 Å². The van der Waals surface area contributed by atoms with E-state index in [9.17, 15) is 38.4 Å². The normalized spacial score (nSPS) is 12.1. The Kier molecular flexibility index (Phi) is 19.7. The molecule has 0 aromatic heterocycles. The highest BCUT2D eigenvalue weighted by atomic mass is 35.5. The fourth-order valence-electron chi connectivity index (χ4n) is 6.95. The zero-order valence-electron chi connectivity index (χ0n) is 37.4. The molecule has 344 valence electrons. The number of amides is 4. The standard InChI is InChI=1S/C26H32N4O4.C18H12Cl2N2O4.C4H11N/c1-5-29(6-2)15-23(31)27-17-9-11-19-21(13-17)26(34)22-14-18(10-12-20(22)25(19)33)28-24(32)16-30(7-3)8-4;19-7-15(23)21-9-1-3-11-13(5-9)18(26)14-6-10(22-16(24)8-20)2-4-12(14)17(11)25;1-3-5-4-2/h9-14H,5-8,15-16H2,1-4H3,(H,27,31)(H,28,32);1-6H,7-8H2,(H,21,23)(H,22,24);5H,3-4H2,1-2H3. The van der Waals surface area contributed by atoms with Crippen LogP contribution < -0.4 is 26.6 Å². The molecule has 0 atom stereocenters. The maximum Gasteiger partial charge on any atom is 0.239 e. The summed E-state index contributed by atoms with van der Waals surface area (Å²) in [5.74, 6) is -2.92. The Morgan fingerprint density at radius 3 is 0.862 bits per heavy atom. The Labute approximate surface area is 389 Å². The van der Waals surface area contributed by atoms with Gasteiger partial charge in [0.2, 0.25) is 23.6 Å². The lowest BCUT2D eigenvalue weighted by Gasteiger charge is -2.21. The van der Waals surface area contributed by atoms with E-state index in [1.165, 1.54) is 36.4 Å². The van der Waals surface area contributed by atoms with Gasteiger partial charge < -0.3 is 26.6 Å². The number of alkyl halides is 2. The van der Waals surface area contributed by atoms with E-state index in [1.807, 2.05) is 37.5 Å². The molecule has 65 heavy (non-hydrogen) atoms. The van der Waals surface area contributed by atoms with Crippen molar-refractivity contribution in [2.45, 2.75) is 41.5 Å². The van der Waals surface area contributed by atoms with E-state index in [4.69, 9.17) is 23.2 Å². The Hall–Kier alpha value is -6.10. The second-order valence-electron chi connectivity index (χ2n) is 14.7. The van der Waals surface area contributed by atoms with Crippen LogP contribution in [0.3, 0.4) is 0 Å². The molecule has 0 unspecified atom stereocenters. The van der Waals surface area contributed by atoms with Crippen molar-refractivity contribution in [1.29, 1.82) is 0 Å². The molecule has 0 bridgehead atoms. The number of hydrogen-bond acceptors (Lipinski definition) is 11. The van der Waals surface area contributed by atoms with Crippen LogP contribution in [-0.2, 0) is 19.2 Å². The molecule has 15 nitrogen and oxygen atoms in total. The van der Waals surface area contributed by atoms with Crippen LogP contribution in [0, 0.1) is 0 Å². The summed E-state index contributed by atoms with van der Waals surface area (Å²) >= 11 is 10.9. The largest absolute Gasteiger partial charge is 0.325 e. The molecule has 2 aliphatic carbocycles. The fraction of sp³-hybridized carbons (Fsp3) is 0.333.